The number of hydrogen-bond acceptors (Lipinski definition) is 6. The van der Waals surface area contributed by atoms with Gasteiger partial charge < -0.3 is 16.0 Å². The lowest BCUT2D eigenvalue weighted by atomic mass is 10.1. The van der Waals surface area contributed by atoms with Crippen LogP contribution in [0.25, 0.3) is 0 Å². The molecule has 2 heterocycles. The van der Waals surface area contributed by atoms with E-state index >= 15 is 0 Å². The van der Waals surface area contributed by atoms with E-state index in [0.29, 0.717) is 27.9 Å². The molecule has 1 aliphatic rings. The molecule has 0 aliphatic carbocycles. The maximum Gasteiger partial charge on any atom is 0.270 e. The first-order valence-electron chi connectivity index (χ1n) is 9.87. The molecule has 0 fully saturated rings. The minimum absolute atomic E-state index is 0.0380. The molecule has 3 N–H and O–H groups in total. The Morgan fingerprint density at radius 2 is 1.88 bits per heavy atom. The maximum atomic E-state index is 13.4. The van der Waals surface area contributed by atoms with Crippen LogP contribution in [0, 0.1) is 24.1 Å². The molecule has 0 saturated carbocycles. The second-order valence-electron chi connectivity index (χ2n) is 7.36. The van der Waals surface area contributed by atoms with Crippen molar-refractivity contribution in [2.24, 2.45) is 0 Å². The summed E-state index contributed by atoms with van der Waals surface area (Å²) in [6.45, 7) is 1.77. The van der Waals surface area contributed by atoms with Gasteiger partial charge in [-0.2, -0.15) is 5.26 Å². The summed E-state index contributed by atoms with van der Waals surface area (Å²) in [6.07, 6.45) is 1.08. The molecule has 0 unspecified atom stereocenters. The van der Waals surface area contributed by atoms with E-state index in [1.54, 1.807) is 31.2 Å². The lowest BCUT2D eigenvalue weighted by molar-refractivity contribution is -0.117. The molecule has 0 bridgehead atoms. The third-order valence-electron chi connectivity index (χ3n) is 5.10. The van der Waals surface area contributed by atoms with Crippen molar-refractivity contribution >= 4 is 23.4 Å². The second-order valence-corrected chi connectivity index (χ2v) is 7.36. The van der Waals surface area contributed by atoms with Gasteiger partial charge in [0.25, 0.3) is 17.7 Å². The van der Waals surface area contributed by atoms with Crippen molar-refractivity contribution in [3.05, 3.63) is 88.3 Å². The first kappa shape index (κ1) is 21.6. The highest BCUT2D eigenvalue weighted by Crippen LogP contribution is 2.31. The number of carbonyl (C=O) groups excluding carboxylic acids is 3. The summed E-state index contributed by atoms with van der Waals surface area (Å²) in [5.74, 6) is -1.99. The number of rotatable bonds is 5. The summed E-state index contributed by atoms with van der Waals surface area (Å²) in [4.78, 5) is 45.3. The molecule has 0 radical (unpaired) electrons. The number of halogens is 1. The number of benzene rings is 2. The molecule has 3 aromatic rings. The number of nitrogens with zero attached hydrogens (tertiary/aromatic N) is 3. The monoisotopic (exact) mass is 444 g/mol. The predicted octanol–water partition coefficient (Wildman–Crippen LogP) is 2.15. The Balaban J connectivity index is 1.45. The van der Waals surface area contributed by atoms with Crippen LogP contribution in [0.4, 0.5) is 10.1 Å². The van der Waals surface area contributed by atoms with Gasteiger partial charge in [0.15, 0.2) is 0 Å². The standard InChI is InChI=1S/C23H17FN6O3/c1-12-6-14(3-5-16(12)24)10-26-21(31)18-8-19(28-11-27-18)22(32)30-20-15-4-2-13(9-25)7-17(15)29-23(20)33/h2-8,11,20H,10H2,1H3,(H,26,31)(H,29,33)(H,30,32)/t20-/m1/s1. The van der Waals surface area contributed by atoms with Gasteiger partial charge in [-0.25, -0.2) is 14.4 Å². The highest BCUT2D eigenvalue weighted by atomic mass is 19.1. The first-order chi connectivity index (χ1) is 15.9. The molecule has 4 rings (SSSR count). The predicted molar refractivity (Wildman–Crippen MR) is 114 cm³/mol. The fraction of sp³-hybridized carbons (Fsp3) is 0.130. The van der Waals surface area contributed by atoms with Gasteiger partial charge in [0, 0.05) is 23.9 Å². The zero-order chi connectivity index (χ0) is 23.5. The van der Waals surface area contributed by atoms with Crippen molar-refractivity contribution in [1.29, 1.82) is 5.26 Å². The van der Waals surface area contributed by atoms with Crippen molar-refractivity contribution in [3.63, 3.8) is 0 Å². The summed E-state index contributed by atoms with van der Waals surface area (Å²) < 4.78 is 13.4. The molecule has 164 valence electrons. The van der Waals surface area contributed by atoms with Crippen molar-refractivity contribution in [1.82, 2.24) is 20.6 Å². The van der Waals surface area contributed by atoms with Crippen molar-refractivity contribution < 1.29 is 18.8 Å². The van der Waals surface area contributed by atoms with E-state index in [-0.39, 0.29) is 23.7 Å². The maximum absolute atomic E-state index is 13.4. The molecule has 9 nitrogen and oxygen atoms in total. The van der Waals surface area contributed by atoms with E-state index in [9.17, 15) is 18.8 Å². The Kier molecular flexibility index (Phi) is 5.78. The topological polar surface area (TPSA) is 137 Å². The Hall–Kier alpha value is -4.65. The molecule has 1 aliphatic heterocycles. The Morgan fingerprint density at radius 1 is 1.12 bits per heavy atom. The average Bonchev–Trinajstić information content (AvgIpc) is 3.13. The van der Waals surface area contributed by atoms with Crippen LogP contribution < -0.4 is 16.0 Å². The minimum atomic E-state index is -0.964. The normalized spacial score (nSPS) is 14.1. The van der Waals surface area contributed by atoms with E-state index in [1.165, 1.54) is 18.2 Å². The Bertz CT molecular complexity index is 1330. The number of hydrogen-bond donors (Lipinski definition) is 3. The van der Waals surface area contributed by atoms with Crippen molar-refractivity contribution in [2.45, 2.75) is 19.5 Å². The lowest BCUT2D eigenvalue weighted by Gasteiger charge is -2.12. The molecule has 2 aromatic carbocycles. The molecule has 0 saturated heterocycles. The lowest BCUT2D eigenvalue weighted by Crippen LogP contribution is -2.33. The number of nitriles is 1. The van der Waals surface area contributed by atoms with Crippen LogP contribution in [0.5, 0.6) is 0 Å². The number of anilines is 1. The average molecular weight is 444 g/mol. The summed E-state index contributed by atoms with van der Waals surface area (Å²) >= 11 is 0. The SMILES string of the molecule is Cc1cc(CNC(=O)c2cc(C(=O)N[C@H]3C(=O)Nc4cc(C#N)ccc43)ncn2)ccc1F. The van der Waals surface area contributed by atoms with Crippen LogP contribution in [0.3, 0.4) is 0 Å². The molecule has 33 heavy (non-hydrogen) atoms. The van der Waals surface area contributed by atoms with E-state index < -0.39 is 23.8 Å². The quantitative estimate of drug-likeness (QED) is 0.552. The largest absolute Gasteiger partial charge is 0.347 e. The van der Waals surface area contributed by atoms with E-state index in [0.717, 1.165) is 6.33 Å². The van der Waals surface area contributed by atoms with Gasteiger partial charge in [-0.15, -0.1) is 0 Å². The van der Waals surface area contributed by atoms with Crippen LogP contribution in [0.2, 0.25) is 0 Å². The van der Waals surface area contributed by atoms with Gasteiger partial charge >= 0.3 is 0 Å². The highest BCUT2D eigenvalue weighted by molar-refractivity contribution is 6.06. The van der Waals surface area contributed by atoms with Crippen LogP contribution in [0.1, 0.15) is 49.3 Å². The smallest absolute Gasteiger partial charge is 0.270 e. The molecule has 3 amide bonds. The Labute approximate surface area is 187 Å². The van der Waals surface area contributed by atoms with Crippen LogP contribution in [-0.4, -0.2) is 27.7 Å². The number of fused-ring (bicyclic) bond motifs is 1. The number of aryl methyl sites for hydroxylation is 1. The number of aromatic nitrogens is 2. The zero-order valence-corrected chi connectivity index (χ0v) is 17.3. The molecular weight excluding hydrogens is 427 g/mol. The van der Waals surface area contributed by atoms with Crippen molar-refractivity contribution in [2.75, 3.05) is 5.32 Å². The Morgan fingerprint density at radius 3 is 2.61 bits per heavy atom. The summed E-state index contributed by atoms with van der Waals surface area (Å²) in [5, 5.41) is 16.9. The fourth-order valence-corrected chi connectivity index (χ4v) is 3.38. The summed E-state index contributed by atoms with van der Waals surface area (Å²) in [7, 11) is 0. The minimum Gasteiger partial charge on any atom is -0.347 e. The molecular formula is C23H17FN6O3. The fourth-order valence-electron chi connectivity index (χ4n) is 3.38. The zero-order valence-electron chi connectivity index (χ0n) is 17.3. The van der Waals surface area contributed by atoms with Crippen molar-refractivity contribution in [3.8, 4) is 6.07 Å². The highest BCUT2D eigenvalue weighted by Gasteiger charge is 2.32. The van der Waals surface area contributed by atoms with Gasteiger partial charge in [-0.1, -0.05) is 18.2 Å². The van der Waals surface area contributed by atoms with Crippen LogP contribution in [0.15, 0.2) is 48.8 Å². The van der Waals surface area contributed by atoms with Gasteiger partial charge in [0.2, 0.25) is 0 Å². The molecule has 1 aromatic heterocycles. The van der Waals surface area contributed by atoms with Gasteiger partial charge in [-0.05, 0) is 36.2 Å². The summed E-state index contributed by atoms with van der Waals surface area (Å²) in [5.41, 5.74) is 2.39. The van der Waals surface area contributed by atoms with E-state index in [1.807, 2.05) is 6.07 Å². The molecule has 10 heteroatoms. The summed E-state index contributed by atoms with van der Waals surface area (Å²) in [6, 6.07) is 11.4. The molecule has 1 atom stereocenters. The van der Waals surface area contributed by atoms with Gasteiger partial charge in [0.05, 0.1) is 11.6 Å². The number of nitrogens with one attached hydrogen (secondary N) is 3. The van der Waals surface area contributed by atoms with Crippen LogP contribution >= 0.6 is 0 Å². The second kappa shape index (κ2) is 8.84. The van der Waals surface area contributed by atoms with Gasteiger partial charge in [-0.3, -0.25) is 14.4 Å². The molecule has 0 spiro atoms. The number of carbonyl (C=O) groups is 3. The number of amides is 3. The van der Waals surface area contributed by atoms with E-state index in [2.05, 4.69) is 25.9 Å². The third kappa shape index (κ3) is 4.52. The van der Waals surface area contributed by atoms with E-state index in [4.69, 9.17) is 5.26 Å². The van der Waals surface area contributed by atoms with Gasteiger partial charge in [0.1, 0.15) is 29.6 Å². The van der Waals surface area contributed by atoms with Crippen LogP contribution in [-0.2, 0) is 11.3 Å². The first-order valence-corrected chi connectivity index (χ1v) is 9.87. The third-order valence-corrected chi connectivity index (χ3v) is 5.10.